The molecule has 0 aromatic heterocycles. The van der Waals surface area contributed by atoms with E-state index in [0.29, 0.717) is 6.42 Å². The van der Waals surface area contributed by atoms with Crippen molar-refractivity contribution in [3.05, 3.63) is 0 Å². The van der Waals surface area contributed by atoms with E-state index < -0.39 is 5.97 Å². The molecule has 0 aliphatic heterocycles. The predicted octanol–water partition coefficient (Wildman–Crippen LogP) is 8.09. The van der Waals surface area contributed by atoms with Crippen LogP contribution in [0.15, 0.2) is 0 Å². The van der Waals surface area contributed by atoms with Gasteiger partial charge in [-0.15, -0.1) is 0 Å². The van der Waals surface area contributed by atoms with Gasteiger partial charge in [0.15, 0.2) is 0 Å². The van der Waals surface area contributed by atoms with E-state index in [4.69, 9.17) is 15.6 Å². The number of nitrogens with two attached hydrogens (primary N) is 1. The standard InChI is InChI=1S/C19H42N2O.C15H29NO3/c1-2-3-4-5-6-7-8-9-10-11-12-18-22-19-14-17-21-16-13-15-20;1-3-4-5-6-7-8-9-10-11-12-14(17)16(2)13-15(18)19/h21H,2-20H2,1H3;3-13H2,1-2H3,(H,18,19). The summed E-state index contributed by atoms with van der Waals surface area (Å²) in [6, 6.07) is 0. The average molecular weight is 586 g/mol. The van der Waals surface area contributed by atoms with E-state index >= 15 is 0 Å². The molecular formula is C34H71N3O4. The van der Waals surface area contributed by atoms with E-state index in [9.17, 15) is 9.59 Å². The third-order valence-corrected chi connectivity index (χ3v) is 7.38. The van der Waals surface area contributed by atoms with Gasteiger partial charge < -0.3 is 25.8 Å². The number of likely N-dealkylation sites (N-methyl/N-ethyl adjacent to an activating group) is 1. The number of carbonyl (C=O) groups excluding carboxylic acids is 1. The van der Waals surface area contributed by atoms with Gasteiger partial charge in [0.1, 0.15) is 6.54 Å². The normalized spacial score (nSPS) is 10.8. The van der Waals surface area contributed by atoms with E-state index in [1.165, 1.54) is 120 Å². The van der Waals surface area contributed by atoms with Gasteiger partial charge in [-0.05, 0) is 45.3 Å². The van der Waals surface area contributed by atoms with Crippen molar-refractivity contribution in [2.24, 2.45) is 5.73 Å². The minimum Gasteiger partial charge on any atom is -0.480 e. The fourth-order valence-corrected chi connectivity index (χ4v) is 4.69. The number of carboxylic acid groups (broad SMARTS) is 1. The molecule has 0 heterocycles. The van der Waals surface area contributed by atoms with Gasteiger partial charge in [-0.1, -0.05) is 129 Å². The summed E-state index contributed by atoms with van der Waals surface area (Å²) in [5.41, 5.74) is 5.44. The summed E-state index contributed by atoms with van der Waals surface area (Å²) >= 11 is 0. The second-order valence-electron chi connectivity index (χ2n) is 11.6. The first kappa shape index (κ1) is 42.0. The van der Waals surface area contributed by atoms with Gasteiger partial charge in [0.25, 0.3) is 0 Å². The maximum absolute atomic E-state index is 11.5. The van der Waals surface area contributed by atoms with Crippen molar-refractivity contribution in [3.63, 3.8) is 0 Å². The smallest absolute Gasteiger partial charge is 0.323 e. The molecule has 0 rings (SSSR count). The van der Waals surface area contributed by atoms with Gasteiger partial charge in [-0.2, -0.15) is 0 Å². The highest BCUT2D eigenvalue weighted by atomic mass is 16.5. The minimum absolute atomic E-state index is 0.0645. The van der Waals surface area contributed by atoms with E-state index in [-0.39, 0.29) is 12.5 Å². The number of nitrogens with one attached hydrogen (secondary N) is 1. The van der Waals surface area contributed by atoms with Crippen molar-refractivity contribution < 1.29 is 19.4 Å². The van der Waals surface area contributed by atoms with E-state index in [1.807, 2.05) is 0 Å². The van der Waals surface area contributed by atoms with Gasteiger partial charge in [0, 0.05) is 26.7 Å². The molecule has 0 atom stereocenters. The van der Waals surface area contributed by atoms with Crippen LogP contribution < -0.4 is 11.1 Å². The molecule has 0 spiro atoms. The molecule has 7 nitrogen and oxygen atoms in total. The molecule has 0 aromatic rings. The Morgan fingerprint density at radius 1 is 0.634 bits per heavy atom. The molecule has 0 saturated carbocycles. The lowest BCUT2D eigenvalue weighted by Crippen LogP contribution is -2.31. The summed E-state index contributed by atoms with van der Waals surface area (Å²) in [6.07, 6.45) is 29.0. The van der Waals surface area contributed by atoms with Crippen LogP contribution in [-0.2, 0) is 14.3 Å². The first-order valence-electron chi connectivity index (χ1n) is 17.4. The van der Waals surface area contributed by atoms with Crippen LogP contribution in [-0.4, -0.2) is 68.3 Å². The van der Waals surface area contributed by atoms with E-state index in [1.54, 1.807) is 7.05 Å². The Labute approximate surface area is 255 Å². The Morgan fingerprint density at radius 2 is 1.05 bits per heavy atom. The molecule has 0 aliphatic rings. The minimum atomic E-state index is -0.956. The number of rotatable bonds is 31. The first-order chi connectivity index (χ1) is 20.0. The van der Waals surface area contributed by atoms with Gasteiger partial charge in [0.2, 0.25) is 5.91 Å². The Kier molecular flexibility index (Phi) is 37.7. The molecular weight excluding hydrogens is 514 g/mol. The molecule has 0 radical (unpaired) electrons. The number of hydrogen-bond donors (Lipinski definition) is 3. The van der Waals surface area contributed by atoms with Crippen molar-refractivity contribution in [1.29, 1.82) is 0 Å². The monoisotopic (exact) mass is 586 g/mol. The molecule has 0 aliphatic carbocycles. The maximum Gasteiger partial charge on any atom is 0.323 e. The fourth-order valence-electron chi connectivity index (χ4n) is 4.69. The number of hydrogen-bond acceptors (Lipinski definition) is 5. The van der Waals surface area contributed by atoms with Crippen LogP contribution in [0.1, 0.15) is 162 Å². The van der Waals surface area contributed by atoms with Gasteiger partial charge in [-0.25, -0.2) is 0 Å². The van der Waals surface area contributed by atoms with Crippen molar-refractivity contribution in [2.45, 2.75) is 162 Å². The maximum atomic E-state index is 11.5. The largest absolute Gasteiger partial charge is 0.480 e. The van der Waals surface area contributed by atoms with Gasteiger partial charge in [0.05, 0.1) is 0 Å². The molecule has 1 amide bonds. The average Bonchev–Trinajstić information content (AvgIpc) is 2.95. The highest BCUT2D eigenvalue weighted by molar-refractivity contribution is 5.80. The zero-order valence-corrected chi connectivity index (χ0v) is 27.7. The Balaban J connectivity index is 0. The SMILES string of the molecule is CCCCCCCCCCCC(=O)N(C)CC(=O)O.CCCCCCCCCCCCCOCCCNCCCN. The summed E-state index contributed by atoms with van der Waals surface area (Å²) in [7, 11) is 1.55. The molecule has 0 unspecified atom stereocenters. The predicted molar refractivity (Wildman–Crippen MR) is 176 cm³/mol. The molecule has 41 heavy (non-hydrogen) atoms. The third kappa shape index (κ3) is 38.8. The number of unbranched alkanes of at least 4 members (excludes halogenated alkanes) is 18. The van der Waals surface area contributed by atoms with Gasteiger partial charge >= 0.3 is 5.97 Å². The van der Waals surface area contributed by atoms with Crippen LogP contribution in [0.25, 0.3) is 0 Å². The Hall–Kier alpha value is -1.18. The summed E-state index contributed by atoms with van der Waals surface area (Å²) in [5.74, 6) is -1.02. The number of amides is 1. The second-order valence-corrected chi connectivity index (χ2v) is 11.6. The first-order valence-corrected chi connectivity index (χ1v) is 17.4. The quantitative estimate of drug-likeness (QED) is 0.0710. The number of nitrogens with zero attached hydrogens (tertiary/aromatic N) is 1. The lowest BCUT2D eigenvalue weighted by Gasteiger charge is -2.14. The molecule has 0 fully saturated rings. The number of aliphatic carboxylic acids is 1. The van der Waals surface area contributed by atoms with E-state index in [0.717, 1.165) is 58.5 Å². The van der Waals surface area contributed by atoms with Crippen LogP contribution in [0.4, 0.5) is 0 Å². The summed E-state index contributed by atoms with van der Waals surface area (Å²) in [5, 5.41) is 11.9. The number of carbonyl (C=O) groups is 2. The zero-order chi connectivity index (χ0) is 30.7. The summed E-state index contributed by atoms with van der Waals surface area (Å²) < 4.78 is 5.66. The summed E-state index contributed by atoms with van der Waals surface area (Å²) in [4.78, 5) is 23.3. The van der Waals surface area contributed by atoms with Crippen LogP contribution in [0.3, 0.4) is 0 Å². The zero-order valence-electron chi connectivity index (χ0n) is 27.7. The molecule has 7 heteroatoms. The van der Waals surface area contributed by atoms with Crippen LogP contribution in [0, 0.1) is 0 Å². The molecule has 0 aromatic carbocycles. The van der Waals surface area contributed by atoms with E-state index in [2.05, 4.69) is 19.2 Å². The molecule has 0 saturated heterocycles. The van der Waals surface area contributed by atoms with Crippen LogP contribution >= 0.6 is 0 Å². The highest BCUT2D eigenvalue weighted by Crippen LogP contribution is 2.12. The number of carboxylic acids is 1. The topological polar surface area (TPSA) is 105 Å². The Morgan fingerprint density at radius 3 is 1.51 bits per heavy atom. The number of ether oxygens (including phenoxy) is 1. The molecule has 4 N–H and O–H groups in total. The fraction of sp³-hybridized carbons (Fsp3) is 0.941. The van der Waals surface area contributed by atoms with Crippen molar-refractivity contribution in [2.75, 3.05) is 46.4 Å². The lowest BCUT2D eigenvalue weighted by molar-refractivity contribution is -0.143. The van der Waals surface area contributed by atoms with Crippen LogP contribution in [0.2, 0.25) is 0 Å². The van der Waals surface area contributed by atoms with Gasteiger partial charge in [-0.3, -0.25) is 9.59 Å². The van der Waals surface area contributed by atoms with Crippen LogP contribution in [0.5, 0.6) is 0 Å². The second kappa shape index (κ2) is 36.8. The third-order valence-electron chi connectivity index (χ3n) is 7.38. The summed E-state index contributed by atoms with van der Waals surface area (Å²) in [6.45, 7) is 9.02. The molecule has 0 bridgehead atoms. The van der Waals surface area contributed by atoms with Crippen molar-refractivity contribution in [3.8, 4) is 0 Å². The van der Waals surface area contributed by atoms with Crippen molar-refractivity contribution in [1.82, 2.24) is 10.2 Å². The Bertz CT molecular complexity index is 514. The molecule has 246 valence electrons. The highest BCUT2D eigenvalue weighted by Gasteiger charge is 2.11. The van der Waals surface area contributed by atoms with Crippen molar-refractivity contribution >= 4 is 11.9 Å². The lowest BCUT2D eigenvalue weighted by atomic mass is 10.1.